The second kappa shape index (κ2) is 444. The van der Waals surface area contributed by atoms with Gasteiger partial charge in [0.1, 0.15) is 0 Å². The maximum atomic E-state index is 6.25. The third-order valence-electron chi connectivity index (χ3n) is 0. The fourth-order valence-corrected chi connectivity index (χ4v) is 0. The van der Waals surface area contributed by atoms with Crippen molar-refractivity contribution in [2.24, 2.45) is 0 Å². The van der Waals surface area contributed by atoms with Crippen LogP contribution in [0.4, 0.5) is 0 Å². The van der Waals surface area contributed by atoms with E-state index in [9.17, 15) is 0 Å². The molecule has 6 nitrogen and oxygen atoms in total. The summed E-state index contributed by atoms with van der Waals surface area (Å²) in [4.78, 5) is 0. The molecule has 0 aliphatic carbocycles. The molecule has 0 aliphatic rings. The van der Waals surface area contributed by atoms with Crippen molar-refractivity contribution < 1.29 is 291 Å². The van der Waals surface area contributed by atoms with Gasteiger partial charge < -0.3 is 71.0 Å². The molecule has 0 bridgehead atoms. The molecule has 0 saturated heterocycles. The number of hydrogen-bond donors (Lipinski definition) is 0. The molecule has 0 aromatic carbocycles. The molecule has 0 unspecified atom stereocenters. The van der Waals surface area contributed by atoms with Gasteiger partial charge >= 0.3 is 223 Å². The Morgan fingerprint density at radius 2 is 0.286 bits per heavy atom. The molecule has 0 aromatic rings. The summed E-state index contributed by atoms with van der Waals surface area (Å²) in [7, 11) is 0. The van der Waals surface area contributed by atoms with E-state index < -0.39 is 0 Å². The van der Waals surface area contributed by atoms with E-state index in [0.29, 0.717) is 0 Å². The van der Waals surface area contributed by atoms with Gasteiger partial charge in [-0.2, -0.15) is 0 Å². The molecule has 15 heteroatoms. The monoisotopic (exact) mass is 592 g/mol. The fraction of sp³-hybridized carbons (Fsp3) is 0. The van der Waals surface area contributed by atoms with E-state index in [2.05, 4.69) is 0 Å². The Morgan fingerprint density at radius 3 is 0.286 bits per heavy atom. The first-order chi connectivity index (χ1) is 6.00. The van der Waals surface area contributed by atoms with E-state index in [4.69, 9.17) is 71.0 Å². The number of rotatable bonds is 0. The molecular weight excluding hydrogens is 592 g/mol. The molecule has 0 fully saturated rings. The Kier molecular flexibility index (Phi) is 2670. The van der Waals surface area contributed by atoms with Crippen LogP contribution in [0.2, 0.25) is 0 Å². The van der Waals surface area contributed by atoms with Gasteiger partial charge in [-0.05, 0) is 0 Å². The number of hydrogen-bond acceptors (Lipinski definition) is 6. The normalized spacial score (nSPS) is 0.571. The second-order valence-electron chi connectivity index (χ2n) is 0. The van der Waals surface area contributed by atoms with Crippen molar-refractivity contribution in [3.8, 4) is 0 Å². The molecule has 0 aliphatic heterocycles. The van der Waals surface area contributed by atoms with Gasteiger partial charge in [0.05, 0.1) is 0 Å². The van der Waals surface area contributed by atoms with Crippen LogP contribution >= 0.6 is 0 Å². The van der Waals surface area contributed by atoms with Gasteiger partial charge in [0.2, 0.25) is 0 Å². The molecule has 0 rings (SSSR count). The van der Waals surface area contributed by atoms with Gasteiger partial charge in [0.15, 0.2) is 0 Å². The smallest absolute Gasteiger partial charge is 0.512 e. The topological polar surface area (TPSA) is 143 Å². The largest absolute Gasteiger partial charge is 2.00 e. The van der Waals surface area contributed by atoms with E-state index >= 15 is 0 Å². The van der Waals surface area contributed by atoms with E-state index in [0.717, 1.165) is 0 Å². The Bertz CT molecular complexity index is 117. The summed E-state index contributed by atoms with van der Waals surface area (Å²) in [6.07, 6.45) is 0. The molecular formula is C6Fe5K4N6. The second-order valence-corrected chi connectivity index (χ2v) is 0. The SMILES string of the molecule is [C-]#N.[C-]#N.[C-]#N.[C-]#N.[C-]#N.[C-]#N.[Fe+2].[Fe].[Fe].[Fe].[Fe].[K+].[K+].[K+].[K+]. The average molecular weight is 592 g/mol. The van der Waals surface area contributed by atoms with Gasteiger partial charge in [-0.1, -0.05) is 0 Å². The minimum atomic E-state index is 0. The molecule has 98 valence electrons. The van der Waals surface area contributed by atoms with Crippen LogP contribution in [0.1, 0.15) is 0 Å². The van der Waals surface area contributed by atoms with Crippen LogP contribution in [0.25, 0.3) is 0 Å². The van der Waals surface area contributed by atoms with Crippen molar-refractivity contribution in [2.75, 3.05) is 0 Å². The van der Waals surface area contributed by atoms with Crippen molar-refractivity contribution in [3.05, 3.63) is 39.4 Å². The van der Waals surface area contributed by atoms with Crippen LogP contribution in [0, 0.1) is 71.0 Å². The third kappa shape index (κ3) is 409. The maximum absolute atomic E-state index is 6.25. The summed E-state index contributed by atoms with van der Waals surface area (Å²) in [5.74, 6) is 0. The Morgan fingerprint density at radius 1 is 0.286 bits per heavy atom. The van der Waals surface area contributed by atoms with E-state index in [1.54, 1.807) is 0 Å². The van der Waals surface area contributed by atoms with Gasteiger partial charge in [-0.3, -0.25) is 0 Å². The molecule has 0 N–H and O–H groups in total. The molecule has 0 aromatic heterocycles. The van der Waals surface area contributed by atoms with Crippen LogP contribution in [0.15, 0.2) is 0 Å². The van der Waals surface area contributed by atoms with Crippen LogP contribution in [0.3, 0.4) is 0 Å². The van der Waals surface area contributed by atoms with E-state index in [-0.39, 0.29) is 291 Å². The summed E-state index contributed by atoms with van der Waals surface area (Å²) in [5, 5.41) is 37.5. The predicted octanol–water partition coefficient (Wildman–Crippen LogP) is -11.4. The van der Waals surface area contributed by atoms with Gasteiger partial charge in [0.25, 0.3) is 0 Å². The molecule has 0 radical (unpaired) electrons. The zero-order valence-electron chi connectivity index (χ0n) is 11.5. The Labute approximate surface area is 351 Å². The van der Waals surface area contributed by atoms with Gasteiger partial charge in [0, 0.05) is 68.3 Å². The standard InChI is InChI=1S/6CN.5Fe.4K/c6*1-2;;;;;;;;;/q6*-1;;;;;+2;4*+1. The summed E-state index contributed by atoms with van der Waals surface area (Å²) in [6, 6.07) is 0. The third-order valence-corrected chi connectivity index (χ3v) is 0. The number of nitrogens with zero attached hydrogens (tertiary/aromatic N) is 6. The average Bonchev–Trinajstić information content (AvgIpc) is 2.33. The van der Waals surface area contributed by atoms with Gasteiger partial charge in [-0.25, -0.2) is 0 Å². The molecule has 0 heterocycles. The summed E-state index contributed by atoms with van der Waals surface area (Å²) < 4.78 is 0. The molecule has 0 amide bonds. The molecule has 0 spiro atoms. The first kappa shape index (κ1) is 126. The summed E-state index contributed by atoms with van der Waals surface area (Å²) in [5.41, 5.74) is 0. The summed E-state index contributed by atoms with van der Waals surface area (Å²) in [6.45, 7) is 28.5. The van der Waals surface area contributed by atoms with Crippen LogP contribution in [0.5, 0.6) is 0 Å². The van der Waals surface area contributed by atoms with Crippen molar-refractivity contribution in [1.29, 1.82) is 31.6 Å². The fourth-order valence-electron chi connectivity index (χ4n) is 0. The Hall–Kier alpha value is 6.08. The zero-order chi connectivity index (χ0) is 12.0. The van der Waals surface area contributed by atoms with E-state index in [1.807, 2.05) is 0 Å². The molecule has 0 atom stereocenters. The maximum Gasteiger partial charge on any atom is 2.00 e. The Balaban J connectivity index is -0.00000000146. The van der Waals surface area contributed by atoms with Crippen molar-refractivity contribution in [3.63, 3.8) is 0 Å². The van der Waals surface area contributed by atoms with Gasteiger partial charge in [-0.15, -0.1) is 0 Å². The van der Waals surface area contributed by atoms with Crippen LogP contribution in [-0.4, -0.2) is 0 Å². The minimum absolute atomic E-state index is 0. The molecule has 21 heavy (non-hydrogen) atoms. The first-order valence-corrected chi connectivity index (χ1v) is 1.34. The van der Waals surface area contributed by atoms with Crippen molar-refractivity contribution in [1.82, 2.24) is 0 Å². The summed E-state index contributed by atoms with van der Waals surface area (Å²) >= 11 is 0. The van der Waals surface area contributed by atoms with E-state index in [1.165, 1.54) is 0 Å². The van der Waals surface area contributed by atoms with Crippen molar-refractivity contribution in [2.45, 2.75) is 0 Å². The predicted molar refractivity (Wildman–Crippen MR) is 29.8 cm³/mol. The van der Waals surface area contributed by atoms with Crippen LogP contribution < -0.4 is 206 Å². The first-order valence-electron chi connectivity index (χ1n) is 1.34. The quantitative estimate of drug-likeness (QED) is 0.202. The minimum Gasteiger partial charge on any atom is -0.512 e. The zero-order valence-corrected chi connectivity index (χ0v) is 29.5. The molecule has 0 saturated carbocycles. The van der Waals surface area contributed by atoms with Crippen molar-refractivity contribution >= 4 is 0 Å². The van der Waals surface area contributed by atoms with Crippen LogP contribution in [-0.2, 0) is 85.3 Å².